The van der Waals surface area contributed by atoms with Crippen molar-refractivity contribution < 1.29 is 4.39 Å². The molecule has 1 fully saturated rings. The van der Waals surface area contributed by atoms with Gasteiger partial charge in [0.25, 0.3) is 0 Å². The Labute approximate surface area is 169 Å². The Bertz CT molecular complexity index is 918. The van der Waals surface area contributed by atoms with E-state index >= 15 is 0 Å². The highest BCUT2D eigenvalue weighted by molar-refractivity contribution is 5.70. The van der Waals surface area contributed by atoms with Crippen LogP contribution in [0.2, 0.25) is 0 Å². The molecule has 2 aromatic rings. The van der Waals surface area contributed by atoms with Crippen molar-refractivity contribution in [3.05, 3.63) is 75.1 Å². The van der Waals surface area contributed by atoms with Gasteiger partial charge in [-0.25, -0.2) is 4.39 Å². The normalized spacial score (nSPS) is 22.4. The molecule has 0 N–H and O–H groups in total. The zero-order chi connectivity index (χ0) is 19.8. The van der Waals surface area contributed by atoms with Crippen LogP contribution >= 0.6 is 0 Å². The van der Waals surface area contributed by atoms with Gasteiger partial charge in [-0.05, 0) is 123 Å². The van der Waals surface area contributed by atoms with Crippen molar-refractivity contribution in [1.29, 1.82) is 0 Å². The molecular formula is C27H33F. The lowest BCUT2D eigenvalue weighted by atomic mass is 9.83. The van der Waals surface area contributed by atoms with Crippen LogP contribution in [0.4, 0.5) is 4.39 Å². The topological polar surface area (TPSA) is 0 Å². The van der Waals surface area contributed by atoms with Gasteiger partial charge in [-0.2, -0.15) is 0 Å². The van der Waals surface area contributed by atoms with Crippen LogP contribution in [-0.4, -0.2) is 0 Å². The molecule has 0 saturated heterocycles. The molecule has 0 nitrogen and oxygen atoms in total. The second-order valence-electron chi connectivity index (χ2n) is 9.14. The SMILES string of the molecule is Cc1cc(C2=CCCCC2)c(C)c(C2CCC(c3c(C)ccc(C)c3F)C2)c1. The molecule has 2 aromatic carbocycles. The van der Waals surface area contributed by atoms with Gasteiger partial charge < -0.3 is 0 Å². The average molecular weight is 377 g/mol. The molecule has 0 aromatic heterocycles. The number of hydrogen-bond acceptors (Lipinski definition) is 0. The second-order valence-corrected chi connectivity index (χ2v) is 9.14. The highest BCUT2D eigenvalue weighted by Gasteiger charge is 2.31. The Morgan fingerprint density at radius 2 is 1.64 bits per heavy atom. The standard InChI is InChI=1S/C27H33F/c1-17-14-24(21-8-6-5-7-9-21)20(4)25(15-17)22-12-13-23(16-22)26-18(2)10-11-19(3)27(26)28/h8,10-11,14-15,22-23H,5-7,9,12-13,16H2,1-4H3. The lowest BCUT2D eigenvalue weighted by molar-refractivity contribution is 0.566. The summed E-state index contributed by atoms with van der Waals surface area (Å²) in [5.41, 5.74) is 10.2. The van der Waals surface area contributed by atoms with Crippen molar-refractivity contribution in [3.63, 3.8) is 0 Å². The van der Waals surface area contributed by atoms with Crippen molar-refractivity contribution in [2.75, 3.05) is 0 Å². The van der Waals surface area contributed by atoms with E-state index in [2.05, 4.69) is 45.0 Å². The number of rotatable bonds is 3. The van der Waals surface area contributed by atoms with Gasteiger partial charge in [0, 0.05) is 0 Å². The molecule has 2 aliphatic carbocycles. The van der Waals surface area contributed by atoms with Crippen molar-refractivity contribution in [1.82, 2.24) is 0 Å². The quantitative estimate of drug-likeness (QED) is 0.508. The Morgan fingerprint density at radius 3 is 2.39 bits per heavy atom. The van der Waals surface area contributed by atoms with Gasteiger partial charge in [0.15, 0.2) is 0 Å². The predicted molar refractivity (Wildman–Crippen MR) is 118 cm³/mol. The molecular weight excluding hydrogens is 343 g/mol. The molecule has 0 heterocycles. The van der Waals surface area contributed by atoms with Crippen molar-refractivity contribution in [2.45, 2.75) is 84.5 Å². The Morgan fingerprint density at radius 1 is 0.893 bits per heavy atom. The summed E-state index contributed by atoms with van der Waals surface area (Å²) in [5, 5.41) is 0. The first kappa shape index (κ1) is 19.4. The predicted octanol–water partition coefficient (Wildman–Crippen LogP) is 8.07. The van der Waals surface area contributed by atoms with E-state index in [0.717, 1.165) is 29.5 Å². The summed E-state index contributed by atoms with van der Waals surface area (Å²) in [4.78, 5) is 0. The van der Waals surface area contributed by atoms with E-state index in [0.29, 0.717) is 11.8 Å². The summed E-state index contributed by atoms with van der Waals surface area (Å²) in [6, 6.07) is 8.78. The minimum atomic E-state index is 0.0275. The molecule has 2 atom stereocenters. The maximum Gasteiger partial charge on any atom is 0.129 e. The number of aryl methyl sites for hydroxylation is 3. The third kappa shape index (κ3) is 3.56. The minimum absolute atomic E-state index is 0.0275. The number of benzene rings is 2. The van der Waals surface area contributed by atoms with Crippen molar-refractivity contribution >= 4 is 5.57 Å². The van der Waals surface area contributed by atoms with Crippen LogP contribution in [0.15, 0.2) is 30.3 Å². The molecule has 1 saturated carbocycles. The highest BCUT2D eigenvalue weighted by Crippen LogP contribution is 2.47. The first-order valence-electron chi connectivity index (χ1n) is 11.0. The Hall–Kier alpha value is -1.89. The average Bonchev–Trinajstić information content (AvgIpc) is 3.17. The molecule has 0 bridgehead atoms. The van der Waals surface area contributed by atoms with E-state index in [4.69, 9.17) is 0 Å². The monoisotopic (exact) mass is 376 g/mol. The molecule has 2 unspecified atom stereocenters. The fraction of sp³-hybridized carbons (Fsp3) is 0.481. The maximum absolute atomic E-state index is 14.9. The van der Waals surface area contributed by atoms with Crippen LogP contribution in [0.25, 0.3) is 5.57 Å². The lowest BCUT2D eigenvalue weighted by Gasteiger charge is -2.22. The zero-order valence-corrected chi connectivity index (χ0v) is 17.9. The van der Waals surface area contributed by atoms with Crippen LogP contribution in [0.1, 0.15) is 95.7 Å². The van der Waals surface area contributed by atoms with E-state index in [1.165, 1.54) is 54.4 Å². The molecule has 0 aliphatic heterocycles. The van der Waals surface area contributed by atoms with Gasteiger partial charge in [0.2, 0.25) is 0 Å². The first-order valence-corrected chi connectivity index (χ1v) is 11.0. The fourth-order valence-corrected chi connectivity index (χ4v) is 5.55. The minimum Gasteiger partial charge on any atom is -0.206 e. The molecule has 4 rings (SSSR count). The molecule has 2 aliphatic rings. The molecule has 0 amide bonds. The summed E-state index contributed by atoms with van der Waals surface area (Å²) in [7, 11) is 0. The van der Waals surface area contributed by atoms with E-state index < -0.39 is 0 Å². The molecule has 1 heteroatoms. The number of halogens is 1. The van der Waals surface area contributed by atoms with Gasteiger partial charge >= 0.3 is 0 Å². The maximum atomic E-state index is 14.9. The van der Waals surface area contributed by atoms with Gasteiger partial charge in [-0.3, -0.25) is 0 Å². The number of hydrogen-bond donors (Lipinski definition) is 0. The van der Waals surface area contributed by atoms with Gasteiger partial charge in [-0.1, -0.05) is 35.9 Å². The van der Waals surface area contributed by atoms with Gasteiger partial charge in [0.1, 0.15) is 5.82 Å². The summed E-state index contributed by atoms with van der Waals surface area (Å²) >= 11 is 0. The lowest BCUT2D eigenvalue weighted by Crippen LogP contribution is -2.05. The fourth-order valence-electron chi connectivity index (χ4n) is 5.55. The summed E-state index contributed by atoms with van der Waals surface area (Å²) in [6.07, 6.45) is 10.9. The largest absolute Gasteiger partial charge is 0.206 e. The summed E-state index contributed by atoms with van der Waals surface area (Å²) < 4.78 is 14.9. The highest BCUT2D eigenvalue weighted by atomic mass is 19.1. The van der Waals surface area contributed by atoms with E-state index in [9.17, 15) is 4.39 Å². The third-order valence-corrected chi connectivity index (χ3v) is 7.10. The molecule has 0 spiro atoms. The number of allylic oxidation sites excluding steroid dienone is 2. The van der Waals surface area contributed by atoms with E-state index in [1.54, 1.807) is 5.57 Å². The van der Waals surface area contributed by atoms with Crippen LogP contribution in [0, 0.1) is 33.5 Å². The van der Waals surface area contributed by atoms with Gasteiger partial charge in [-0.15, -0.1) is 0 Å². The third-order valence-electron chi connectivity index (χ3n) is 7.10. The molecule has 148 valence electrons. The molecule has 0 radical (unpaired) electrons. The van der Waals surface area contributed by atoms with Crippen LogP contribution in [0.5, 0.6) is 0 Å². The smallest absolute Gasteiger partial charge is 0.129 e. The van der Waals surface area contributed by atoms with E-state index in [-0.39, 0.29) is 5.82 Å². The molecule has 28 heavy (non-hydrogen) atoms. The van der Waals surface area contributed by atoms with Crippen molar-refractivity contribution in [3.8, 4) is 0 Å². The van der Waals surface area contributed by atoms with Gasteiger partial charge in [0.05, 0.1) is 0 Å². The first-order chi connectivity index (χ1) is 13.5. The zero-order valence-electron chi connectivity index (χ0n) is 17.9. The van der Waals surface area contributed by atoms with Crippen LogP contribution in [0.3, 0.4) is 0 Å². The summed E-state index contributed by atoms with van der Waals surface area (Å²) in [6.45, 7) is 8.49. The second kappa shape index (κ2) is 7.85. The van der Waals surface area contributed by atoms with Crippen LogP contribution < -0.4 is 0 Å². The summed E-state index contributed by atoms with van der Waals surface area (Å²) in [5.74, 6) is 0.925. The Kier molecular flexibility index (Phi) is 5.45. The Balaban J connectivity index is 1.66. The van der Waals surface area contributed by atoms with Crippen LogP contribution in [-0.2, 0) is 0 Å². The van der Waals surface area contributed by atoms with Crippen molar-refractivity contribution in [2.24, 2.45) is 0 Å². The van der Waals surface area contributed by atoms with E-state index in [1.807, 2.05) is 13.0 Å².